The number of fused-ring (bicyclic) bond motifs is 1. The van der Waals surface area contributed by atoms with Crippen LogP contribution in [-0.4, -0.2) is 27.3 Å². The quantitative estimate of drug-likeness (QED) is 0.757. The molecule has 2 heterocycles. The van der Waals surface area contributed by atoms with Crippen LogP contribution in [0, 0.1) is 0 Å². The number of carbonyl (C=O) groups is 1. The predicted molar refractivity (Wildman–Crippen MR) is 102 cm³/mol. The third-order valence-corrected chi connectivity index (χ3v) is 5.12. The Morgan fingerprint density at radius 2 is 1.88 bits per heavy atom. The summed E-state index contributed by atoms with van der Waals surface area (Å²) < 4.78 is 0. The number of nitrogens with one attached hydrogen (secondary N) is 1. The lowest BCUT2D eigenvalue weighted by molar-refractivity contribution is 0.0994. The summed E-state index contributed by atoms with van der Waals surface area (Å²) in [5.74, 6) is 1.09. The van der Waals surface area contributed by atoms with E-state index in [0.29, 0.717) is 13.0 Å². The smallest absolute Gasteiger partial charge is 0.163 e. The second kappa shape index (κ2) is 6.18. The topological polar surface area (TPSA) is 84.7 Å². The molecule has 0 radical (unpaired) electrons. The molecular weight excluding hydrogens is 324 g/mol. The van der Waals surface area contributed by atoms with Crippen molar-refractivity contribution in [3.63, 3.8) is 0 Å². The number of ketones is 1. The maximum atomic E-state index is 11.9. The van der Waals surface area contributed by atoms with Crippen molar-refractivity contribution in [3.05, 3.63) is 59.7 Å². The monoisotopic (exact) mass is 346 g/mol. The molecule has 5 nitrogen and oxygen atoms in total. The Hall–Kier alpha value is -2.79. The third-order valence-electron chi connectivity index (χ3n) is 5.12. The van der Waals surface area contributed by atoms with Crippen molar-refractivity contribution < 1.29 is 4.79 Å². The van der Waals surface area contributed by atoms with Crippen molar-refractivity contribution in [2.75, 3.05) is 6.54 Å². The van der Waals surface area contributed by atoms with Gasteiger partial charge in [0.2, 0.25) is 0 Å². The van der Waals surface area contributed by atoms with Gasteiger partial charge in [-0.2, -0.15) is 0 Å². The van der Waals surface area contributed by atoms with Crippen LogP contribution >= 0.6 is 0 Å². The van der Waals surface area contributed by atoms with Crippen molar-refractivity contribution in [3.8, 4) is 22.5 Å². The van der Waals surface area contributed by atoms with Crippen molar-refractivity contribution in [2.24, 2.45) is 5.73 Å². The summed E-state index contributed by atoms with van der Waals surface area (Å²) in [6, 6.07) is 9.95. The summed E-state index contributed by atoms with van der Waals surface area (Å²) >= 11 is 0. The minimum absolute atomic E-state index is 0.230. The largest absolute Gasteiger partial charge is 0.341 e. The number of Topliss-reactive ketones (excluding diaryl/α,β-unsaturated/α-hetero) is 1. The molecule has 0 spiro atoms. The first-order chi connectivity index (χ1) is 12.5. The Balaban J connectivity index is 1.89. The fraction of sp³-hybridized carbons (Fsp3) is 0.286. The molecule has 4 rings (SSSR count). The van der Waals surface area contributed by atoms with Crippen molar-refractivity contribution in [1.82, 2.24) is 15.0 Å². The van der Waals surface area contributed by atoms with Gasteiger partial charge in [0.05, 0.1) is 11.4 Å². The zero-order chi connectivity index (χ0) is 18.3. The van der Waals surface area contributed by atoms with Crippen LogP contribution < -0.4 is 5.73 Å². The van der Waals surface area contributed by atoms with Gasteiger partial charge in [-0.1, -0.05) is 26.0 Å². The highest BCUT2D eigenvalue weighted by Gasteiger charge is 2.26. The Morgan fingerprint density at radius 3 is 2.62 bits per heavy atom. The first kappa shape index (κ1) is 16.7. The van der Waals surface area contributed by atoms with Crippen LogP contribution in [0.4, 0.5) is 0 Å². The van der Waals surface area contributed by atoms with Crippen LogP contribution in [0.3, 0.4) is 0 Å². The molecule has 2 aromatic heterocycles. The molecule has 3 aromatic rings. The van der Waals surface area contributed by atoms with E-state index in [2.05, 4.69) is 29.9 Å². The zero-order valence-corrected chi connectivity index (χ0v) is 15.0. The first-order valence-electron chi connectivity index (χ1n) is 8.87. The molecule has 0 unspecified atom stereocenters. The average molecular weight is 346 g/mol. The third kappa shape index (κ3) is 2.74. The summed E-state index contributed by atoms with van der Waals surface area (Å²) in [6.45, 7) is 4.65. The number of benzene rings is 1. The Labute approximate surface area is 152 Å². The van der Waals surface area contributed by atoms with E-state index in [4.69, 9.17) is 10.7 Å². The van der Waals surface area contributed by atoms with E-state index in [0.717, 1.165) is 45.9 Å². The van der Waals surface area contributed by atoms with Crippen LogP contribution in [0.2, 0.25) is 0 Å². The number of nitrogens with zero attached hydrogens (tertiary/aromatic N) is 2. The van der Waals surface area contributed by atoms with Crippen LogP contribution in [0.15, 0.2) is 42.7 Å². The number of H-pyrrole nitrogens is 1. The molecule has 0 fully saturated rings. The van der Waals surface area contributed by atoms with E-state index in [9.17, 15) is 4.79 Å². The van der Waals surface area contributed by atoms with Crippen molar-refractivity contribution >= 4 is 5.78 Å². The molecule has 0 saturated heterocycles. The standard InChI is InChI=1S/C21H22N4O/c1-21(2,12-22)20-24-18(13-7-9-23-10-8-13)19(25-20)15-3-5-16-14(11-15)4-6-17(16)26/h3,5,7-11H,4,6,12,22H2,1-2H3,(H,24,25). The maximum Gasteiger partial charge on any atom is 0.163 e. The Bertz CT molecular complexity index is 973. The van der Waals surface area contributed by atoms with Gasteiger partial charge in [-0.25, -0.2) is 4.98 Å². The van der Waals surface area contributed by atoms with E-state index in [-0.39, 0.29) is 11.2 Å². The highest BCUT2D eigenvalue weighted by atomic mass is 16.1. The molecule has 0 atom stereocenters. The van der Waals surface area contributed by atoms with Crippen LogP contribution in [-0.2, 0) is 11.8 Å². The van der Waals surface area contributed by atoms with Gasteiger partial charge in [-0.05, 0) is 30.2 Å². The lowest BCUT2D eigenvalue weighted by Crippen LogP contribution is -2.29. The number of hydrogen-bond donors (Lipinski definition) is 2. The second-order valence-corrected chi connectivity index (χ2v) is 7.43. The molecule has 26 heavy (non-hydrogen) atoms. The number of aryl methyl sites for hydroxylation is 1. The summed E-state index contributed by atoms with van der Waals surface area (Å²) in [6.07, 6.45) is 4.95. The Morgan fingerprint density at radius 1 is 1.12 bits per heavy atom. The lowest BCUT2D eigenvalue weighted by Gasteiger charge is -2.18. The molecule has 5 heteroatoms. The highest BCUT2D eigenvalue weighted by Crippen LogP contribution is 2.35. The minimum atomic E-state index is -0.257. The van der Waals surface area contributed by atoms with Gasteiger partial charge in [0.25, 0.3) is 0 Å². The predicted octanol–water partition coefficient (Wildman–Crippen LogP) is 3.50. The highest BCUT2D eigenvalue weighted by molar-refractivity contribution is 6.01. The molecule has 1 aliphatic carbocycles. The van der Waals surface area contributed by atoms with Gasteiger partial charge in [0.1, 0.15) is 5.82 Å². The number of aromatic nitrogens is 3. The van der Waals surface area contributed by atoms with Crippen LogP contribution in [0.5, 0.6) is 0 Å². The van der Waals surface area contributed by atoms with E-state index < -0.39 is 0 Å². The molecule has 132 valence electrons. The molecule has 1 aliphatic rings. The van der Waals surface area contributed by atoms with Crippen LogP contribution in [0.1, 0.15) is 42.0 Å². The molecule has 0 saturated carbocycles. The summed E-state index contributed by atoms with van der Waals surface area (Å²) in [4.78, 5) is 24.4. The molecule has 0 bridgehead atoms. The summed E-state index contributed by atoms with van der Waals surface area (Å²) in [7, 11) is 0. The Kier molecular flexibility index (Phi) is 3.96. The number of aromatic amines is 1. The van der Waals surface area contributed by atoms with Gasteiger partial charge < -0.3 is 10.7 Å². The second-order valence-electron chi connectivity index (χ2n) is 7.43. The summed E-state index contributed by atoms with van der Waals surface area (Å²) in [5, 5.41) is 0. The summed E-state index contributed by atoms with van der Waals surface area (Å²) in [5.41, 5.74) is 11.5. The van der Waals surface area contributed by atoms with Gasteiger partial charge in [0.15, 0.2) is 5.78 Å². The van der Waals surface area contributed by atoms with E-state index in [1.54, 1.807) is 12.4 Å². The molecular formula is C21H22N4O. The van der Waals surface area contributed by atoms with Gasteiger partial charge in [0, 0.05) is 47.5 Å². The first-order valence-corrected chi connectivity index (χ1v) is 8.87. The van der Waals surface area contributed by atoms with E-state index in [1.807, 2.05) is 24.3 Å². The fourth-order valence-corrected chi connectivity index (χ4v) is 3.33. The number of carbonyl (C=O) groups excluding carboxylic acids is 1. The van der Waals surface area contributed by atoms with Crippen LogP contribution in [0.25, 0.3) is 22.5 Å². The number of rotatable bonds is 4. The van der Waals surface area contributed by atoms with E-state index in [1.165, 1.54) is 0 Å². The van der Waals surface area contributed by atoms with Gasteiger partial charge >= 0.3 is 0 Å². The normalized spacial score (nSPS) is 13.9. The zero-order valence-electron chi connectivity index (χ0n) is 15.0. The number of hydrogen-bond acceptors (Lipinski definition) is 4. The van der Waals surface area contributed by atoms with E-state index >= 15 is 0 Å². The minimum Gasteiger partial charge on any atom is -0.341 e. The van der Waals surface area contributed by atoms with Gasteiger partial charge in [-0.3, -0.25) is 9.78 Å². The molecule has 0 amide bonds. The molecule has 3 N–H and O–H groups in total. The van der Waals surface area contributed by atoms with Crippen molar-refractivity contribution in [2.45, 2.75) is 32.1 Å². The fourth-order valence-electron chi connectivity index (χ4n) is 3.33. The lowest BCUT2D eigenvalue weighted by atomic mass is 9.93. The number of nitrogens with two attached hydrogens (primary N) is 1. The maximum absolute atomic E-state index is 11.9. The SMILES string of the molecule is CC(C)(CN)c1nc(-c2ccc3c(c2)CCC3=O)c(-c2ccncc2)[nH]1. The molecule has 1 aromatic carbocycles. The van der Waals surface area contributed by atoms with Gasteiger partial charge in [-0.15, -0.1) is 0 Å². The number of imidazole rings is 1. The van der Waals surface area contributed by atoms with Crippen molar-refractivity contribution in [1.29, 1.82) is 0 Å². The molecule has 0 aliphatic heterocycles. The average Bonchev–Trinajstić information content (AvgIpc) is 3.27. The number of pyridine rings is 1.